The Morgan fingerprint density at radius 3 is 3.07 bits per heavy atom. The first kappa shape index (κ1) is 16.5. The fourth-order valence-electron chi connectivity index (χ4n) is 3.16. The minimum atomic E-state index is -0.281. The highest BCUT2D eigenvalue weighted by Gasteiger charge is 2.14. The number of hydrogen-bond acceptors (Lipinski definition) is 5. The summed E-state index contributed by atoms with van der Waals surface area (Å²) in [7, 11) is 1.66. The normalized spacial score (nSPS) is 11.3. The zero-order chi connectivity index (χ0) is 19.3. The summed E-state index contributed by atoms with van der Waals surface area (Å²) in [6.45, 7) is 0. The van der Waals surface area contributed by atoms with Crippen molar-refractivity contribution in [2.24, 2.45) is 7.05 Å². The van der Waals surface area contributed by atoms with Crippen LogP contribution in [0.5, 0.6) is 0 Å². The third-order valence-electron chi connectivity index (χ3n) is 4.62. The molecule has 5 rings (SSSR count). The highest BCUT2D eigenvalue weighted by Crippen LogP contribution is 2.30. The van der Waals surface area contributed by atoms with Crippen molar-refractivity contribution in [2.45, 2.75) is 0 Å². The molecule has 28 heavy (non-hydrogen) atoms. The first-order chi connectivity index (χ1) is 13.6. The predicted octanol–water partition coefficient (Wildman–Crippen LogP) is 3.12. The second-order valence-corrected chi connectivity index (χ2v) is 7.17. The van der Waals surface area contributed by atoms with Gasteiger partial charge in [-0.2, -0.15) is 0 Å². The third kappa shape index (κ3) is 2.60. The average molecular weight is 390 g/mol. The number of aromatic nitrogens is 5. The van der Waals surface area contributed by atoms with Gasteiger partial charge in [-0.1, -0.05) is 0 Å². The topological polar surface area (TPSA) is 108 Å². The van der Waals surface area contributed by atoms with Gasteiger partial charge in [0.25, 0.3) is 5.91 Å². The summed E-state index contributed by atoms with van der Waals surface area (Å²) < 4.78 is 1.47. The number of aromatic amines is 2. The second kappa shape index (κ2) is 6.17. The number of amides is 1. The molecule has 0 aliphatic rings. The summed E-state index contributed by atoms with van der Waals surface area (Å²) in [6.07, 6.45) is 3.59. The van der Waals surface area contributed by atoms with E-state index in [4.69, 9.17) is 0 Å². The Labute approximate surface area is 161 Å². The number of hydrogen-bond donors (Lipinski definition) is 3. The molecule has 3 N–H and O–H groups in total. The number of nitrogens with one attached hydrogen (secondary N) is 3. The van der Waals surface area contributed by atoms with Crippen molar-refractivity contribution in [3.8, 4) is 11.3 Å². The van der Waals surface area contributed by atoms with Crippen LogP contribution in [0.1, 0.15) is 10.4 Å². The smallest absolute Gasteiger partial charge is 0.326 e. The number of nitrogens with zero attached hydrogens (tertiary/aromatic N) is 3. The van der Waals surface area contributed by atoms with E-state index in [9.17, 15) is 9.59 Å². The molecule has 0 radical (unpaired) electrons. The maximum Gasteiger partial charge on any atom is 0.326 e. The van der Waals surface area contributed by atoms with Gasteiger partial charge >= 0.3 is 5.69 Å². The van der Waals surface area contributed by atoms with Crippen LogP contribution in [0, 0.1) is 0 Å². The summed E-state index contributed by atoms with van der Waals surface area (Å²) >= 11 is 1.35. The molecule has 1 aromatic carbocycles. The molecule has 0 aliphatic carbocycles. The van der Waals surface area contributed by atoms with Crippen molar-refractivity contribution in [1.29, 1.82) is 0 Å². The molecule has 5 aromatic rings. The van der Waals surface area contributed by atoms with Crippen LogP contribution in [-0.4, -0.2) is 30.4 Å². The first-order valence-corrected chi connectivity index (χ1v) is 9.36. The number of imidazole rings is 1. The first-order valence-electron chi connectivity index (χ1n) is 8.48. The van der Waals surface area contributed by atoms with E-state index in [1.165, 1.54) is 15.9 Å². The molecule has 0 unspecified atom stereocenters. The lowest BCUT2D eigenvalue weighted by atomic mass is 10.2. The molecule has 138 valence electrons. The van der Waals surface area contributed by atoms with Gasteiger partial charge < -0.3 is 9.97 Å². The van der Waals surface area contributed by atoms with E-state index in [0.717, 1.165) is 22.3 Å². The molecule has 0 saturated carbocycles. The molecular formula is C19H14N6O2S. The van der Waals surface area contributed by atoms with Crippen molar-refractivity contribution in [3.05, 3.63) is 64.2 Å². The largest absolute Gasteiger partial charge is 0.345 e. The number of carbonyl (C=O) groups is 1. The molecule has 0 fully saturated rings. The lowest BCUT2D eigenvalue weighted by molar-refractivity contribution is 0.102. The summed E-state index contributed by atoms with van der Waals surface area (Å²) in [5.41, 5.74) is 4.09. The van der Waals surface area contributed by atoms with Crippen LogP contribution in [0.4, 0.5) is 5.13 Å². The minimum Gasteiger partial charge on any atom is -0.345 e. The predicted molar refractivity (Wildman–Crippen MR) is 109 cm³/mol. The van der Waals surface area contributed by atoms with E-state index in [-0.39, 0.29) is 11.6 Å². The molecule has 0 atom stereocenters. The van der Waals surface area contributed by atoms with Crippen molar-refractivity contribution in [3.63, 3.8) is 0 Å². The third-order valence-corrected chi connectivity index (χ3v) is 5.38. The van der Waals surface area contributed by atoms with Crippen molar-refractivity contribution >= 4 is 44.4 Å². The van der Waals surface area contributed by atoms with E-state index < -0.39 is 0 Å². The van der Waals surface area contributed by atoms with Crippen LogP contribution in [0.25, 0.3) is 33.3 Å². The fourth-order valence-corrected chi connectivity index (χ4v) is 3.86. The number of thiazole rings is 1. The van der Waals surface area contributed by atoms with E-state index in [2.05, 4.69) is 25.3 Å². The van der Waals surface area contributed by atoms with Gasteiger partial charge in [0.2, 0.25) is 0 Å². The van der Waals surface area contributed by atoms with Gasteiger partial charge in [0.15, 0.2) is 5.13 Å². The summed E-state index contributed by atoms with van der Waals surface area (Å²) in [4.78, 5) is 39.0. The van der Waals surface area contributed by atoms with E-state index in [0.29, 0.717) is 21.7 Å². The number of rotatable bonds is 3. The Bertz CT molecular complexity index is 1410. The molecular weight excluding hydrogens is 376 g/mol. The molecule has 0 aliphatic heterocycles. The number of H-pyrrole nitrogens is 2. The van der Waals surface area contributed by atoms with Crippen molar-refractivity contribution in [2.75, 3.05) is 5.32 Å². The Morgan fingerprint density at radius 2 is 2.18 bits per heavy atom. The van der Waals surface area contributed by atoms with Crippen molar-refractivity contribution < 1.29 is 4.79 Å². The van der Waals surface area contributed by atoms with E-state index in [1.807, 2.05) is 23.7 Å². The molecule has 1 amide bonds. The molecule has 8 nitrogen and oxygen atoms in total. The van der Waals surface area contributed by atoms with Gasteiger partial charge in [0.1, 0.15) is 5.65 Å². The Balaban J connectivity index is 1.43. The van der Waals surface area contributed by atoms with Crippen LogP contribution in [0.2, 0.25) is 0 Å². The van der Waals surface area contributed by atoms with Crippen LogP contribution in [0.15, 0.2) is 52.9 Å². The monoisotopic (exact) mass is 390 g/mol. The highest BCUT2D eigenvalue weighted by atomic mass is 32.1. The van der Waals surface area contributed by atoms with Crippen LogP contribution in [-0.2, 0) is 7.05 Å². The number of anilines is 1. The van der Waals surface area contributed by atoms with Gasteiger partial charge in [-0.05, 0) is 30.3 Å². The van der Waals surface area contributed by atoms with Gasteiger partial charge in [-0.25, -0.2) is 14.8 Å². The standard InChI is InChI=1S/C19H14N6O2S/c1-25-15-7-10(4-5-13(15)23-19(25)27)17(26)24-18-22-14(9-28-18)12-8-21-16-11(12)3-2-6-20-16/h2-9H,1H3,(H,20,21)(H,23,27)(H,22,24,26). The molecule has 9 heteroatoms. The molecule has 4 aromatic heterocycles. The zero-order valence-corrected chi connectivity index (χ0v) is 15.5. The zero-order valence-electron chi connectivity index (χ0n) is 14.7. The number of carbonyl (C=O) groups excluding carboxylic acids is 1. The summed E-state index contributed by atoms with van der Waals surface area (Å²) in [5.74, 6) is -0.281. The van der Waals surface area contributed by atoms with Crippen LogP contribution >= 0.6 is 11.3 Å². The maximum absolute atomic E-state index is 12.6. The lowest BCUT2D eigenvalue weighted by Gasteiger charge is -2.02. The average Bonchev–Trinajstić information content (AvgIpc) is 3.40. The number of pyridine rings is 1. The van der Waals surface area contributed by atoms with Crippen molar-refractivity contribution in [1.82, 2.24) is 24.5 Å². The lowest BCUT2D eigenvalue weighted by Crippen LogP contribution is -2.13. The van der Waals surface area contributed by atoms with Crippen LogP contribution in [0.3, 0.4) is 0 Å². The molecule has 0 spiro atoms. The highest BCUT2D eigenvalue weighted by molar-refractivity contribution is 7.14. The fraction of sp³-hybridized carbons (Fsp3) is 0.0526. The molecule has 4 heterocycles. The van der Waals surface area contributed by atoms with E-state index >= 15 is 0 Å². The van der Waals surface area contributed by atoms with Gasteiger partial charge in [-0.15, -0.1) is 11.3 Å². The summed E-state index contributed by atoms with van der Waals surface area (Å²) in [5, 5.41) is 6.20. The number of fused-ring (bicyclic) bond motifs is 2. The molecule has 0 bridgehead atoms. The molecule has 0 saturated heterocycles. The quantitative estimate of drug-likeness (QED) is 0.440. The minimum absolute atomic E-state index is 0.217. The number of aryl methyl sites for hydroxylation is 1. The van der Waals surface area contributed by atoms with Gasteiger partial charge in [-0.3, -0.25) is 14.7 Å². The Morgan fingerprint density at radius 1 is 1.29 bits per heavy atom. The van der Waals surface area contributed by atoms with Gasteiger partial charge in [0, 0.05) is 41.3 Å². The van der Waals surface area contributed by atoms with Crippen LogP contribution < -0.4 is 11.0 Å². The van der Waals surface area contributed by atoms with Gasteiger partial charge in [0.05, 0.1) is 16.7 Å². The SMILES string of the molecule is Cn1c(=O)[nH]c2ccc(C(=O)Nc3nc(-c4c[nH]c5ncccc45)cs3)cc21. The maximum atomic E-state index is 12.6. The summed E-state index contributed by atoms with van der Waals surface area (Å²) in [6, 6.07) is 8.93. The Hall–Kier alpha value is -3.72. The second-order valence-electron chi connectivity index (χ2n) is 6.32. The Kier molecular flexibility index (Phi) is 3.63. The van der Waals surface area contributed by atoms with E-state index in [1.54, 1.807) is 31.4 Å². The number of benzene rings is 1.